The summed E-state index contributed by atoms with van der Waals surface area (Å²) in [7, 11) is -1.82. The van der Waals surface area contributed by atoms with E-state index in [9.17, 15) is 9.59 Å². The number of rotatable bonds is 7. The van der Waals surface area contributed by atoms with E-state index in [2.05, 4.69) is 5.32 Å². The molecule has 0 aliphatic rings. The topological polar surface area (TPSA) is 55.4 Å². The molecular formula is C22H29NO3P+. The zero-order valence-electron chi connectivity index (χ0n) is 16.8. The Morgan fingerprint density at radius 1 is 1.00 bits per heavy atom. The van der Waals surface area contributed by atoms with Crippen molar-refractivity contribution in [2.75, 3.05) is 24.8 Å². The first-order valence-electron chi connectivity index (χ1n) is 9.10. The molecule has 1 amide bonds. The average Bonchev–Trinajstić information content (AvgIpc) is 2.63. The summed E-state index contributed by atoms with van der Waals surface area (Å²) in [5.74, 6) is -0.287. The lowest BCUT2D eigenvalue weighted by molar-refractivity contribution is -0.141. The number of hydrogen-bond donors (Lipinski definition) is 1. The van der Waals surface area contributed by atoms with E-state index in [0.29, 0.717) is 6.16 Å². The molecule has 0 aliphatic carbocycles. The van der Waals surface area contributed by atoms with Gasteiger partial charge in [-0.2, -0.15) is 0 Å². The molecule has 4 nitrogen and oxygen atoms in total. The molecule has 5 heteroatoms. The second-order valence-corrected chi connectivity index (χ2v) is 12.2. The molecule has 1 N–H and O–H groups in total. The molecule has 2 aromatic rings. The van der Waals surface area contributed by atoms with Crippen LogP contribution in [0.5, 0.6) is 0 Å². The van der Waals surface area contributed by atoms with Crippen LogP contribution in [0.3, 0.4) is 0 Å². The largest absolute Gasteiger partial charge is 0.458 e. The van der Waals surface area contributed by atoms with Gasteiger partial charge < -0.3 is 10.1 Å². The third-order valence-corrected chi connectivity index (χ3v) is 8.34. The molecule has 2 rings (SSSR count). The van der Waals surface area contributed by atoms with E-state index in [4.69, 9.17) is 4.74 Å². The molecule has 0 fully saturated rings. The van der Waals surface area contributed by atoms with E-state index in [1.54, 1.807) is 0 Å². The van der Waals surface area contributed by atoms with Crippen molar-refractivity contribution in [1.29, 1.82) is 0 Å². The van der Waals surface area contributed by atoms with Crippen LogP contribution in [-0.4, -0.2) is 37.0 Å². The molecule has 1 atom stereocenters. The predicted molar refractivity (Wildman–Crippen MR) is 114 cm³/mol. The second kappa shape index (κ2) is 9.14. The predicted octanol–water partition coefficient (Wildman–Crippen LogP) is 4.65. The molecule has 0 radical (unpaired) electrons. The maximum Gasteiger partial charge on any atom is 0.344 e. The maximum atomic E-state index is 12.8. The zero-order valence-corrected chi connectivity index (χ0v) is 17.7. The normalized spacial score (nSPS) is 12.3. The highest BCUT2D eigenvalue weighted by molar-refractivity contribution is 7.76. The van der Waals surface area contributed by atoms with Gasteiger partial charge in [0.15, 0.2) is 6.16 Å². The molecule has 144 valence electrons. The molecule has 0 saturated carbocycles. The van der Waals surface area contributed by atoms with Crippen molar-refractivity contribution in [3.63, 3.8) is 0 Å². The van der Waals surface area contributed by atoms with Gasteiger partial charge >= 0.3 is 5.97 Å². The number of benzene rings is 2. The van der Waals surface area contributed by atoms with Crippen molar-refractivity contribution in [2.24, 2.45) is 0 Å². The van der Waals surface area contributed by atoms with E-state index in [1.807, 2.05) is 82.6 Å². The maximum absolute atomic E-state index is 12.8. The molecule has 0 spiro atoms. The first-order chi connectivity index (χ1) is 12.7. The van der Waals surface area contributed by atoms with Crippen molar-refractivity contribution in [2.45, 2.75) is 33.0 Å². The minimum Gasteiger partial charge on any atom is -0.458 e. The molecule has 0 aromatic heterocycles. The summed E-state index contributed by atoms with van der Waals surface area (Å²) in [6.45, 7) is 10.2. The van der Waals surface area contributed by atoms with Crippen LogP contribution in [0, 0.1) is 13.8 Å². The molecule has 2 aromatic carbocycles. The second-order valence-electron chi connectivity index (χ2n) is 7.52. The summed E-state index contributed by atoms with van der Waals surface area (Å²) in [6, 6.07) is 15.5. The SMILES string of the molecule is Cc1cccc(C)c1NC(=O)C(C)[P+](C)(C)CC(=O)OCc1ccccc1. The van der Waals surface area contributed by atoms with Gasteiger partial charge in [0.1, 0.15) is 12.3 Å². The number of para-hydroxylation sites is 1. The number of aryl methyl sites for hydroxylation is 2. The summed E-state index contributed by atoms with van der Waals surface area (Å²) in [4.78, 5) is 25.1. The Kier molecular flexibility index (Phi) is 7.15. The van der Waals surface area contributed by atoms with Gasteiger partial charge in [-0.3, -0.25) is 4.79 Å². The quantitative estimate of drug-likeness (QED) is 0.557. The van der Waals surface area contributed by atoms with Crippen LogP contribution in [0.4, 0.5) is 5.69 Å². The number of anilines is 1. The highest BCUT2D eigenvalue weighted by Gasteiger charge is 2.41. The number of ether oxygens (including phenoxy) is 1. The van der Waals surface area contributed by atoms with E-state index in [0.717, 1.165) is 22.4 Å². The van der Waals surface area contributed by atoms with Gasteiger partial charge in [0.2, 0.25) is 0 Å². The van der Waals surface area contributed by atoms with E-state index in [1.165, 1.54) is 0 Å². The van der Waals surface area contributed by atoms with Crippen molar-refractivity contribution in [3.05, 3.63) is 65.2 Å². The number of amides is 1. The van der Waals surface area contributed by atoms with E-state index in [-0.39, 0.29) is 24.1 Å². The van der Waals surface area contributed by atoms with Crippen molar-refractivity contribution in [3.8, 4) is 0 Å². The summed E-state index contributed by atoms with van der Waals surface area (Å²) in [5.41, 5.74) is 3.66. The smallest absolute Gasteiger partial charge is 0.344 e. The fourth-order valence-corrected chi connectivity index (χ4v) is 4.54. The number of carbonyl (C=O) groups is 2. The third kappa shape index (κ3) is 5.90. The van der Waals surface area contributed by atoms with Crippen molar-refractivity contribution < 1.29 is 14.3 Å². The van der Waals surface area contributed by atoms with Crippen LogP contribution in [0.25, 0.3) is 0 Å². The van der Waals surface area contributed by atoms with Gasteiger partial charge in [0, 0.05) is 26.3 Å². The Balaban J connectivity index is 1.95. The fourth-order valence-electron chi connectivity index (χ4n) is 2.81. The minimum atomic E-state index is -1.82. The van der Waals surface area contributed by atoms with E-state index < -0.39 is 7.26 Å². The molecule has 0 heterocycles. The van der Waals surface area contributed by atoms with Gasteiger partial charge in [-0.05, 0) is 37.5 Å². The zero-order chi connectivity index (χ0) is 20.0. The summed E-state index contributed by atoms with van der Waals surface area (Å²) in [6.07, 6.45) is 0.293. The molecule has 27 heavy (non-hydrogen) atoms. The van der Waals surface area contributed by atoms with E-state index >= 15 is 0 Å². The monoisotopic (exact) mass is 386 g/mol. The van der Waals surface area contributed by atoms with Crippen LogP contribution in [0.15, 0.2) is 48.5 Å². The number of carbonyl (C=O) groups excluding carboxylic acids is 2. The molecular weight excluding hydrogens is 357 g/mol. The number of hydrogen-bond acceptors (Lipinski definition) is 3. The lowest BCUT2D eigenvalue weighted by Gasteiger charge is -2.24. The third-order valence-electron chi connectivity index (χ3n) is 4.94. The first kappa shape index (κ1) is 21.1. The average molecular weight is 386 g/mol. The molecule has 1 unspecified atom stereocenters. The minimum absolute atomic E-state index is 0.0402. The van der Waals surface area contributed by atoms with Gasteiger partial charge in [-0.25, -0.2) is 4.79 Å². The van der Waals surface area contributed by atoms with Crippen LogP contribution in [-0.2, 0) is 20.9 Å². The van der Waals surface area contributed by atoms with Crippen LogP contribution >= 0.6 is 7.26 Å². The highest BCUT2D eigenvalue weighted by atomic mass is 31.2. The van der Waals surface area contributed by atoms with Gasteiger partial charge in [0.05, 0.1) is 0 Å². The Bertz CT molecular complexity index is 782. The first-order valence-corrected chi connectivity index (χ1v) is 12.0. The lowest BCUT2D eigenvalue weighted by Crippen LogP contribution is -2.30. The van der Waals surface area contributed by atoms with Crippen LogP contribution < -0.4 is 5.32 Å². The molecule has 0 aliphatic heterocycles. The summed E-state index contributed by atoms with van der Waals surface area (Å²) >= 11 is 0. The van der Waals surface area contributed by atoms with Crippen molar-refractivity contribution >= 4 is 24.8 Å². The standard InChI is InChI=1S/C22H28NO3P/c1-16-10-9-11-17(2)21(16)23-22(25)18(3)27(4,5)15-20(24)26-14-19-12-7-6-8-13-19/h6-13,18H,14-15H2,1-5H3/p+1. The van der Waals surface area contributed by atoms with Crippen molar-refractivity contribution in [1.82, 2.24) is 0 Å². The number of esters is 1. The molecule has 0 saturated heterocycles. The number of nitrogens with one attached hydrogen (secondary N) is 1. The summed E-state index contributed by atoms with van der Waals surface area (Å²) in [5, 5.41) is 3.05. The van der Waals surface area contributed by atoms with Gasteiger partial charge in [-0.1, -0.05) is 48.5 Å². The Morgan fingerprint density at radius 3 is 2.19 bits per heavy atom. The van der Waals surface area contributed by atoms with Gasteiger partial charge in [0.25, 0.3) is 5.91 Å². The Hall–Kier alpha value is -2.19. The lowest BCUT2D eigenvalue weighted by atomic mass is 10.1. The summed E-state index contributed by atoms with van der Waals surface area (Å²) < 4.78 is 5.41. The highest BCUT2D eigenvalue weighted by Crippen LogP contribution is 2.56. The fraction of sp³-hybridized carbons (Fsp3) is 0.364. The van der Waals surface area contributed by atoms with Gasteiger partial charge in [-0.15, -0.1) is 0 Å². The Labute approximate surface area is 162 Å². The molecule has 0 bridgehead atoms. The van der Waals surface area contributed by atoms with Crippen LogP contribution in [0.1, 0.15) is 23.6 Å². The van der Waals surface area contributed by atoms with Crippen LogP contribution in [0.2, 0.25) is 0 Å². The Morgan fingerprint density at radius 2 is 1.59 bits per heavy atom.